The summed E-state index contributed by atoms with van der Waals surface area (Å²) in [5.74, 6) is 0.325. The quantitative estimate of drug-likeness (QED) is 0.433. The second-order valence-corrected chi connectivity index (χ2v) is 8.11. The smallest absolute Gasteiger partial charge is 0.193 e. The fraction of sp³-hybridized carbons (Fsp3) is 0.261. The summed E-state index contributed by atoms with van der Waals surface area (Å²) in [5.41, 5.74) is 9.03. The third kappa shape index (κ3) is 3.58. The van der Waals surface area contributed by atoms with Gasteiger partial charge in [-0.3, -0.25) is 4.98 Å². The standard InChI is InChI=1S/C23H20FN5O4/c24-13-5-14-15(6-20(28-14)33-18-10-32-22-17(30)9-31-23(18)22)29-21(13)12-3-1-11(2-4-12)16-7-27-19(25)8-26-16/h1-8,17-18,22-23,28,30H,9-10H2,(H2,25,27)/t17-,18-,22?,23-/m1/s1. The van der Waals surface area contributed by atoms with Crippen molar-refractivity contribution in [2.45, 2.75) is 24.4 Å². The van der Waals surface area contributed by atoms with Crippen LogP contribution >= 0.6 is 0 Å². The molecule has 0 amide bonds. The molecule has 168 valence electrons. The van der Waals surface area contributed by atoms with Crippen molar-refractivity contribution in [2.24, 2.45) is 0 Å². The van der Waals surface area contributed by atoms with Crippen molar-refractivity contribution >= 4 is 16.9 Å². The van der Waals surface area contributed by atoms with Crippen LogP contribution in [-0.2, 0) is 9.47 Å². The Hall–Kier alpha value is -3.60. The van der Waals surface area contributed by atoms with Gasteiger partial charge in [0.1, 0.15) is 29.8 Å². The number of pyridine rings is 1. The molecule has 2 fully saturated rings. The molecular formula is C23H20FN5O4. The average Bonchev–Trinajstić information content (AvgIpc) is 3.51. The number of aromatic amines is 1. The van der Waals surface area contributed by atoms with Crippen molar-refractivity contribution in [1.29, 1.82) is 0 Å². The fourth-order valence-corrected chi connectivity index (χ4v) is 4.27. The zero-order chi connectivity index (χ0) is 22.5. The predicted molar refractivity (Wildman–Crippen MR) is 117 cm³/mol. The maximum absolute atomic E-state index is 14.9. The van der Waals surface area contributed by atoms with Crippen LogP contribution in [-0.4, -0.2) is 62.7 Å². The van der Waals surface area contributed by atoms with Gasteiger partial charge in [0.15, 0.2) is 17.8 Å². The molecule has 3 aromatic heterocycles. The lowest BCUT2D eigenvalue weighted by atomic mass is 10.1. The van der Waals surface area contributed by atoms with Gasteiger partial charge in [-0.1, -0.05) is 24.3 Å². The topological polar surface area (TPSA) is 128 Å². The van der Waals surface area contributed by atoms with Crippen LogP contribution < -0.4 is 10.5 Å². The first-order valence-electron chi connectivity index (χ1n) is 10.5. The summed E-state index contributed by atoms with van der Waals surface area (Å²) in [4.78, 5) is 15.8. The van der Waals surface area contributed by atoms with Gasteiger partial charge in [0.25, 0.3) is 0 Å². The van der Waals surface area contributed by atoms with Gasteiger partial charge in [0, 0.05) is 23.3 Å². The number of nitrogens with zero attached hydrogens (tertiary/aromatic N) is 3. The van der Waals surface area contributed by atoms with Crippen molar-refractivity contribution in [3.05, 3.63) is 54.6 Å². The molecule has 5 heterocycles. The summed E-state index contributed by atoms with van der Waals surface area (Å²) < 4.78 is 32.0. The molecule has 0 saturated carbocycles. The maximum Gasteiger partial charge on any atom is 0.193 e. The number of nitrogen functional groups attached to an aromatic ring is 1. The molecule has 1 unspecified atom stereocenters. The Kier molecular flexibility index (Phi) is 4.72. The summed E-state index contributed by atoms with van der Waals surface area (Å²) in [6.07, 6.45) is 1.34. The van der Waals surface area contributed by atoms with Crippen LogP contribution in [0.25, 0.3) is 33.5 Å². The highest BCUT2D eigenvalue weighted by Gasteiger charge is 2.48. The van der Waals surface area contributed by atoms with E-state index in [4.69, 9.17) is 19.9 Å². The fourth-order valence-electron chi connectivity index (χ4n) is 4.27. The third-order valence-electron chi connectivity index (χ3n) is 5.92. The zero-order valence-corrected chi connectivity index (χ0v) is 17.3. The lowest BCUT2D eigenvalue weighted by Gasteiger charge is -2.16. The van der Waals surface area contributed by atoms with Crippen LogP contribution in [0.4, 0.5) is 10.2 Å². The van der Waals surface area contributed by atoms with Crippen molar-refractivity contribution in [3.63, 3.8) is 0 Å². The van der Waals surface area contributed by atoms with Gasteiger partial charge >= 0.3 is 0 Å². The monoisotopic (exact) mass is 449 g/mol. The molecule has 6 rings (SSSR count). The number of halogens is 1. The molecule has 2 aliphatic heterocycles. The van der Waals surface area contributed by atoms with Gasteiger partial charge in [-0.25, -0.2) is 14.4 Å². The number of nitrogens with two attached hydrogens (primary N) is 1. The van der Waals surface area contributed by atoms with E-state index in [1.165, 1.54) is 12.3 Å². The Bertz CT molecular complexity index is 1310. The summed E-state index contributed by atoms with van der Waals surface area (Å²) in [6, 6.07) is 10.3. The molecular weight excluding hydrogens is 429 g/mol. The third-order valence-corrected chi connectivity index (χ3v) is 5.92. The van der Waals surface area contributed by atoms with Crippen LogP contribution in [0.3, 0.4) is 0 Å². The molecule has 2 aliphatic rings. The van der Waals surface area contributed by atoms with E-state index in [-0.39, 0.29) is 30.6 Å². The van der Waals surface area contributed by atoms with E-state index in [1.807, 2.05) is 12.1 Å². The number of anilines is 1. The van der Waals surface area contributed by atoms with Gasteiger partial charge in [-0.15, -0.1) is 0 Å². The first-order chi connectivity index (χ1) is 16.0. The van der Waals surface area contributed by atoms with Crippen molar-refractivity contribution < 1.29 is 23.7 Å². The van der Waals surface area contributed by atoms with Gasteiger partial charge in [-0.05, 0) is 0 Å². The second-order valence-electron chi connectivity index (χ2n) is 8.11. The SMILES string of the molecule is Nc1cnc(-c2ccc(-c3nc4cc(O[C@@H]5COC6[C@H](O)CO[C@@H]65)[nH]c4cc3F)cc2)cn1. The van der Waals surface area contributed by atoms with E-state index in [0.29, 0.717) is 40.6 Å². The largest absolute Gasteiger partial charge is 0.470 e. The minimum absolute atomic E-state index is 0.224. The first-order valence-corrected chi connectivity index (χ1v) is 10.5. The number of fused-ring (bicyclic) bond motifs is 2. The summed E-state index contributed by atoms with van der Waals surface area (Å²) >= 11 is 0. The number of hydrogen-bond donors (Lipinski definition) is 3. The Morgan fingerprint density at radius 3 is 2.61 bits per heavy atom. The highest BCUT2D eigenvalue weighted by atomic mass is 19.1. The normalized spacial score (nSPS) is 24.3. The van der Waals surface area contributed by atoms with Crippen molar-refractivity contribution in [2.75, 3.05) is 18.9 Å². The second kappa shape index (κ2) is 7.77. The van der Waals surface area contributed by atoms with Gasteiger partial charge in [0.05, 0.1) is 42.3 Å². The van der Waals surface area contributed by atoms with Crippen LogP contribution in [0.5, 0.6) is 5.88 Å². The number of rotatable bonds is 4. The molecule has 1 aromatic carbocycles. The molecule has 9 nitrogen and oxygen atoms in total. The molecule has 4 atom stereocenters. The van der Waals surface area contributed by atoms with Crippen molar-refractivity contribution in [1.82, 2.24) is 19.9 Å². The van der Waals surface area contributed by atoms with E-state index in [9.17, 15) is 9.50 Å². The Labute approximate surface area is 187 Å². The van der Waals surface area contributed by atoms with Crippen LogP contribution in [0.1, 0.15) is 0 Å². The molecule has 10 heteroatoms. The molecule has 2 saturated heterocycles. The number of nitrogens with one attached hydrogen (secondary N) is 1. The van der Waals surface area contributed by atoms with E-state index >= 15 is 0 Å². The molecule has 0 radical (unpaired) electrons. The molecule has 0 spiro atoms. The zero-order valence-electron chi connectivity index (χ0n) is 17.3. The van der Waals surface area contributed by atoms with Crippen LogP contribution in [0, 0.1) is 5.82 Å². The van der Waals surface area contributed by atoms with E-state index in [1.54, 1.807) is 24.4 Å². The Morgan fingerprint density at radius 2 is 1.82 bits per heavy atom. The lowest BCUT2D eigenvalue weighted by Crippen LogP contribution is -2.34. The Balaban J connectivity index is 1.25. The minimum Gasteiger partial charge on any atom is -0.470 e. The molecule has 33 heavy (non-hydrogen) atoms. The lowest BCUT2D eigenvalue weighted by molar-refractivity contribution is 0.00794. The van der Waals surface area contributed by atoms with E-state index in [2.05, 4.69) is 19.9 Å². The van der Waals surface area contributed by atoms with Crippen molar-refractivity contribution in [3.8, 4) is 28.4 Å². The number of benzene rings is 1. The number of ether oxygens (including phenoxy) is 3. The summed E-state index contributed by atoms with van der Waals surface area (Å²) in [7, 11) is 0. The highest BCUT2D eigenvalue weighted by Crippen LogP contribution is 2.32. The Morgan fingerprint density at radius 1 is 1.03 bits per heavy atom. The minimum atomic E-state index is -0.650. The maximum atomic E-state index is 14.9. The van der Waals surface area contributed by atoms with E-state index < -0.39 is 11.9 Å². The van der Waals surface area contributed by atoms with E-state index in [0.717, 1.165) is 5.56 Å². The highest BCUT2D eigenvalue weighted by molar-refractivity contribution is 5.81. The van der Waals surface area contributed by atoms with Gasteiger partial charge in [-0.2, -0.15) is 0 Å². The van der Waals surface area contributed by atoms with Gasteiger partial charge in [0.2, 0.25) is 0 Å². The molecule has 0 bridgehead atoms. The number of hydrogen-bond acceptors (Lipinski definition) is 8. The van der Waals surface area contributed by atoms with Crippen LogP contribution in [0.2, 0.25) is 0 Å². The predicted octanol–water partition coefficient (Wildman–Crippen LogP) is 2.31. The average molecular weight is 449 g/mol. The molecule has 4 aromatic rings. The van der Waals surface area contributed by atoms with Crippen LogP contribution in [0.15, 0.2) is 48.8 Å². The number of aliphatic hydroxyl groups excluding tert-OH is 1. The summed E-state index contributed by atoms with van der Waals surface area (Å²) in [5, 5.41) is 9.88. The number of aromatic nitrogens is 4. The molecule has 0 aliphatic carbocycles. The molecule has 4 N–H and O–H groups in total. The summed E-state index contributed by atoms with van der Waals surface area (Å²) in [6.45, 7) is 0.529. The number of aliphatic hydroxyl groups is 1. The number of H-pyrrole nitrogens is 1. The first kappa shape index (κ1) is 20.0. The van der Waals surface area contributed by atoms with Gasteiger partial charge < -0.3 is 30.0 Å².